The monoisotopic (exact) mass is 313 g/mol. The van der Waals surface area contributed by atoms with Crippen LogP contribution in [0.3, 0.4) is 0 Å². The Morgan fingerprint density at radius 1 is 1.22 bits per heavy atom. The van der Waals surface area contributed by atoms with Gasteiger partial charge in [-0.2, -0.15) is 5.10 Å². The van der Waals surface area contributed by atoms with Crippen molar-refractivity contribution in [3.63, 3.8) is 0 Å². The molecule has 1 N–H and O–H groups in total. The van der Waals surface area contributed by atoms with Crippen LogP contribution in [0, 0.1) is 0 Å². The summed E-state index contributed by atoms with van der Waals surface area (Å²) in [6, 6.07) is 7.99. The van der Waals surface area contributed by atoms with Gasteiger partial charge in [-0.25, -0.2) is 10.4 Å². The predicted octanol–water partition coefficient (Wildman–Crippen LogP) is -0.586. The molecule has 1 aromatic carbocycles. The van der Waals surface area contributed by atoms with Crippen molar-refractivity contribution in [1.29, 1.82) is 0 Å². The average Bonchev–Trinajstić information content (AvgIpc) is 2.61. The van der Waals surface area contributed by atoms with Gasteiger partial charge in [0.2, 0.25) is 5.96 Å². The summed E-state index contributed by atoms with van der Waals surface area (Å²) in [7, 11) is 1.74. The van der Waals surface area contributed by atoms with Crippen molar-refractivity contribution in [1.82, 2.24) is 15.2 Å². The Labute approximate surface area is 136 Å². The first-order chi connectivity index (χ1) is 11.3. The van der Waals surface area contributed by atoms with Gasteiger partial charge in [0.05, 0.1) is 18.5 Å². The van der Waals surface area contributed by atoms with Crippen LogP contribution in [0.4, 0.5) is 0 Å². The van der Waals surface area contributed by atoms with Crippen molar-refractivity contribution in [3.8, 4) is 0 Å². The highest BCUT2D eigenvalue weighted by Crippen LogP contribution is 2.06. The molecule has 1 aromatic rings. The van der Waals surface area contributed by atoms with E-state index >= 15 is 0 Å². The van der Waals surface area contributed by atoms with Crippen molar-refractivity contribution < 1.29 is 4.74 Å². The molecule has 0 atom stereocenters. The number of nitrogens with zero attached hydrogens (tertiary/aromatic N) is 4. The molecule has 2 aliphatic rings. The topological polar surface area (TPSA) is 52.5 Å². The van der Waals surface area contributed by atoms with E-state index < -0.39 is 0 Å². The van der Waals surface area contributed by atoms with Crippen LogP contribution < -0.4 is 15.9 Å². The van der Waals surface area contributed by atoms with Crippen LogP contribution in [-0.2, 0) is 4.74 Å². The van der Waals surface area contributed by atoms with E-state index in [9.17, 15) is 0 Å². The highest BCUT2D eigenvalue weighted by atomic mass is 16.5. The molecule has 0 unspecified atom stereocenters. The van der Waals surface area contributed by atoms with Crippen molar-refractivity contribution >= 4 is 24.5 Å². The molecule has 1 fully saturated rings. The van der Waals surface area contributed by atoms with Crippen molar-refractivity contribution in [2.24, 2.45) is 10.1 Å². The second-order valence-electron chi connectivity index (χ2n) is 5.67. The highest BCUT2D eigenvalue weighted by Gasteiger charge is 2.20. The quantitative estimate of drug-likeness (QED) is 0.811. The SMILES string of the molecule is C=c1ccccc1=C1C=NNC(N2CCN(CCOC)CC2)=N1. The molecule has 1 saturated heterocycles. The Kier molecular flexibility index (Phi) is 5.05. The molecule has 2 aliphatic heterocycles. The standard InChI is InChI=1S/C17H23N5O/c1-14-5-3-4-6-15(14)16-13-18-20-17(19-16)22-9-7-21(8-10-22)11-12-23-2/h3-6,13H,1,7-12H2,2H3,(H,19,20). The summed E-state index contributed by atoms with van der Waals surface area (Å²) in [6.07, 6.45) is 1.75. The minimum absolute atomic E-state index is 0.779. The Hall–Kier alpha value is -2.18. The minimum Gasteiger partial charge on any atom is -0.383 e. The fraction of sp³-hybridized carbons (Fsp3) is 0.412. The van der Waals surface area contributed by atoms with Gasteiger partial charge in [0.1, 0.15) is 0 Å². The molecule has 6 nitrogen and oxygen atoms in total. The number of nitrogens with one attached hydrogen (secondary N) is 1. The van der Waals surface area contributed by atoms with Gasteiger partial charge in [-0.15, -0.1) is 0 Å². The number of benzene rings is 1. The van der Waals surface area contributed by atoms with Crippen molar-refractivity contribution in [3.05, 3.63) is 34.7 Å². The molecule has 0 radical (unpaired) electrons. The number of aliphatic imine (C=N–C) groups is 1. The van der Waals surface area contributed by atoms with Crippen LogP contribution in [0.1, 0.15) is 0 Å². The molecule has 3 rings (SSSR count). The van der Waals surface area contributed by atoms with Gasteiger partial charge in [0.25, 0.3) is 0 Å². The zero-order valence-corrected chi connectivity index (χ0v) is 13.5. The summed E-state index contributed by atoms with van der Waals surface area (Å²) >= 11 is 0. The first-order valence-electron chi connectivity index (χ1n) is 7.90. The number of hydrogen-bond donors (Lipinski definition) is 1. The van der Waals surface area contributed by atoms with Crippen LogP contribution in [-0.4, -0.2) is 68.4 Å². The lowest BCUT2D eigenvalue weighted by Crippen LogP contribution is -2.52. The molecular formula is C17H23N5O. The Balaban J connectivity index is 1.74. The first kappa shape index (κ1) is 15.7. The maximum absolute atomic E-state index is 5.14. The maximum Gasteiger partial charge on any atom is 0.220 e. The van der Waals surface area contributed by atoms with Gasteiger partial charge in [0, 0.05) is 45.1 Å². The van der Waals surface area contributed by atoms with Crippen LogP contribution in [0.2, 0.25) is 0 Å². The van der Waals surface area contributed by atoms with Crippen molar-refractivity contribution in [2.45, 2.75) is 0 Å². The predicted molar refractivity (Wildman–Crippen MR) is 93.6 cm³/mol. The van der Waals surface area contributed by atoms with Crippen LogP contribution in [0.25, 0.3) is 12.3 Å². The molecule has 0 aromatic heterocycles. The number of ether oxygens (including phenoxy) is 1. The zero-order chi connectivity index (χ0) is 16.1. The van der Waals surface area contributed by atoms with Gasteiger partial charge in [-0.3, -0.25) is 4.90 Å². The highest BCUT2D eigenvalue weighted by molar-refractivity contribution is 6.07. The molecule has 6 heteroatoms. The van der Waals surface area contributed by atoms with E-state index in [-0.39, 0.29) is 0 Å². The number of hydrazone groups is 1. The van der Waals surface area contributed by atoms with Crippen molar-refractivity contribution in [2.75, 3.05) is 46.4 Å². The van der Waals surface area contributed by atoms with Gasteiger partial charge in [-0.05, 0) is 5.22 Å². The van der Waals surface area contributed by atoms with Crippen LogP contribution in [0.15, 0.2) is 34.4 Å². The summed E-state index contributed by atoms with van der Waals surface area (Å²) in [4.78, 5) is 9.39. The van der Waals surface area contributed by atoms with Gasteiger partial charge in [-0.1, -0.05) is 30.8 Å². The molecule has 0 amide bonds. The summed E-state index contributed by atoms with van der Waals surface area (Å²) < 4.78 is 5.14. The third-order valence-electron chi connectivity index (χ3n) is 4.15. The summed E-state index contributed by atoms with van der Waals surface area (Å²) in [5.41, 5.74) is 3.88. The third-order valence-corrected chi connectivity index (χ3v) is 4.15. The maximum atomic E-state index is 5.14. The summed E-state index contributed by atoms with van der Waals surface area (Å²) in [5.74, 6) is 0.817. The number of guanidine groups is 1. The molecule has 0 aliphatic carbocycles. The van der Waals surface area contributed by atoms with Crippen LogP contribution in [0.5, 0.6) is 0 Å². The minimum atomic E-state index is 0.779. The largest absolute Gasteiger partial charge is 0.383 e. The lowest BCUT2D eigenvalue weighted by molar-refractivity contribution is 0.119. The molecule has 2 heterocycles. The van der Waals surface area contributed by atoms with Gasteiger partial charge in [0.15, 0.2) is 0 Å². The van der Waals surface area contributed by atoms with E-state index in [4.69, 9.17) is 9.73 Å². The van der Waals surface area contributed by atoms with E-state index in [0.717, 1.165) is 61.4 Å². The lowest BCUT2D eigenvalue weighted by atomic mass is 10.2. The van der Waals surface area contributed by atoms with E-state index in [2.05, 4.69) is 26.9 Å². The summed E-state index contributed by atoms with van der Waals surface area (Å²) in [6.45, 7) is 9.72. The average molecular weight is 313 g/mol. The Morgan fingerprint density at radius 3 is 2.74 bits per heavy atom. The molecule has 23 heavy (non-hydrogen) atoms. The van der Waals surface area contributed by atoms with Gasteiger partial charge >= 0.3 is 0 Å². The molecule has 0 spiro atoms. The zero-order valence-electron chi connectivity index (χ0n) is 13.5. The Bertz CT molecular complexity index is 704. The Morgan fingerprint density at radius 2 is 2.00 bits per heavy atom. The van der Waals surface area contributed by atoms with E-state index in [0.29, 0.717) is 0 Å². The third kappa shape index (κ3) is 3.78. The van der Waals surface area contributed by atoms with E-state index in [1.54, 1.807) is 13.3 Å². The molecular weight excluding hydrogens is 290 g/mol. The smallest absolute Gasteiger partial charge is 0.220 e. The number of hydrogen-bond acceptors (Lipinski definition) is 6. The molecule has 122 valence electrons. The molecule has 0 bridgehead atoms. The van der Waals surface area contributed by atoms with Gasteiger partial charge < -0.3 is 9.64 Å². The normalized spacial score (nSPS) is 21.1. The molecule has 0 saturated carbocycles. The second-order valence-corrected chi connectivity index (χ2v) is 5.67. The van der Waals surface area contributed by atoms with E-state index in [1.165, 1.54) is 0 Å². The lowest BCUT2D eigenvalue weighted by Gasteiger charge is -2.36. The fourth-order valence-electron chi connectivity index (χ4n) is 2.76. The number of rotatable bonds is 3. The summed E-state index contributed by atoms with van der Waals surface area (Å²) in [5, 5.41) is 6.24. The second kappa shape index (κ2) is 7.39. The van der Waals surface area contributed by atoms with E-state index in [1.807, 2.05) is 24.3 Å². The fourth-order valence-corrected chi connectivity index (χ4v) is 2.76. The first-order valence-corrected chi connectivity index (χ1v) is 7.90. The number of methoxy groups -OCH3 is 1. The number of piperazine rings is 1. The van der Waals surface area contributed by atoms with Crippen LogP contribution >= 0.6 is 0 Å².